The normalized spacial score (nSPS) is 17.5. The molecular weight excluding hydrogens is 288 g/mol. The maximum Gasteiger partial charge on any atom is 0.211 e. The molecule has 1 aliphatic heterocycles. The summed E-state index contributed by atoms with van der Waals surface area (Å²) in [4.78, 5) is 4.28. The van der Waals surface area contributed by atoms with Crippen LogP contribution in [0.2, 0.25) is 0 Å². The lowest BCUT2D eigenvalue weighted by Crippen LogP contribution is -2.50. The van der Waals surface area contributed by atoms with Gasteiger partial charge < -0.3 is 11.1 Å². The zero-order valence-corrected chi connectivity index (χ0v) is 13.2. The summed E-state index contributed by atoms with van der Waals surface area (Å²) in [5, 5.41) is 3.06. The monoisotopic (exact) mass is 310 g/mol. The van der Waals surface area contributed by atoms with Gasteiger partial charge in [0.2, 0.25) is 10.0 Å². The third-order valence-corrected chi connectivity index (χ3v) is 4.76. The van der Waals surface area contributed by atoms with Crippen molar-refractivity contribution in [1.29, 1.82) is 0 Å². The van der Waals surface area contributed by atoms with Crippen LogP contribution in [-0.2, 0) is 16.4 Å². The van der Waals surface area contributed by atoms with Gasteiger partial charge >= 0.3 is 0 Å². The van der Waals surface area contributed by atoms with Crippen LogP contribution in [0, 0.1) is 5.92 Å². The first kappa shape index (κ1) is 15.8. The smallest absolute Gasteiger partial charge is 0.211 e. The molecule has 2 rings (SSSR count). The van der Waals surface area contributed by atoms with E-state index in [-0.39, 0.29) is 5.92 Å². The lowest BCUT2D eigenvalue weighted by Gasteiger charge is -2.36. The van der Waals surface area contributed by atoms with Gasteiger partial charge in [0.05, 0.1) is 6.26 Å². The van der Waals surface area contributed by atoms with Gasteiger partial charge in [0.15, 0.2) is 5.96 Å². The van der Waals surface area contributed by atoms with E-state index in [2.05, 4.69) is 23.3 Å². The average Bonchev–Trinajstić information content (AvgIpc) is 2.35. The van der Waals surface area contributed by atoms with Crippen LogP contribution in [0.25, 0.3) is 0 Å². The maximum absolute atomic E-state index is 11.3. The van der Waals surface area contributed by atoms with Crippen molar-refractivity contribution in [3.05, 3.63) is 29.8 Å². The first-order valence-corrected chi connectivity index (χ1v) is 8.84. The molecule has 0 spiro atoms. The molecule has 0 unspecified atom stereocenters. The molecule has 1 aromatic carbocycles. The Morgan fingerprint density at radius 2 is 2.19 bits per heavy atom. The number of hydrogen-bond donors (Lipinski definition) is 2. The van der Waals surface area contributed by atoms with Crippen LogP contribution in [0.15, 0.2) is 29.3 Å². The minimum absolute atomic E-state index is 0.252. The molecule has 21 heavy (non-hydrogen) atoms. The highest BCUT2D eigenvalue weighted by molar-refractivity contribution is 7.88. The van der Waals surface area contributed by atoms with E-state index < -0.39 is 10.0 Å². The minimum Gasteiger partial charge on any atom is -0.370 e. The molecule has 3 N–H and O–H groups in total. The van der Waals surface area contributed by atoms with Crippen molar-refractivity contribution in [1.82, 2.24) is 4.31 Å². The van der Waals surface area contributed by atoms with Gasteiger partial charge in [-0.05, 0) is 24.1 Å². The molecule has 1 aliphatic rings. The van der Waals surface area contributed by atoms with E-state index >= 15 is 0 Å². The van der Waals surface area contributed by atoms with Gasteiger partial charge in [0.25, 0.3) is 0 Å². The van der Waals surface area contributed by atoms with Gasteiger partial charge in [0, 0.05) is 31.2 Å². The Morgan fingerprint density at radius 1 is 1.48 bits per heavy atom. The summed E-state index contributed by atoms with van der Waals surface area (Å²) in [5.41, 5.74) is 8.00. The van der Waals surface area contributed by atoms with E-state index in [1.54, 1.807) is 0 Å². The van der Waals surface area contributed by atoms with E-state index in [4.69, 9.17) is 5.73 Å². The van der Waals surface area contributed by atoms with Crippen LogP contribution in [-0.4, -0.2) is 44.6 Å². The van der Waals surface area contributed by atoms with Crippen molar-refractivity contribution < 1.29 is 8.42 Å². The summed E-state index contributed by atoms with van der Waals surface area (Å²) in [6.45, 7) is 3.70. The fraction of sp³-hybridized carbons (Fsp3) is 0.500. The third-order valence-electron chi connectivity index (χ3n) is 3.52. The van der Waals surface area contributed by atoms with Crippen LogP contribution in [0.4, 0.5) is 5.69 Å². The second kappa shape index (κ2) is 6.44. The van der Waals surface area contributed by atoms with Crippen molar-refractivity contribution >= 4 is 21.7 Å². The van der Waals surface area contributed by atoms with E-state index in [0.29, 0.717) is 25.6 Å². The van der Waals surface area contributed by atoms with Gasteiger partial charge in [-0.2, -0.15) is 0 Å². The fourth-order valence-electron chi connectivity index (χ4n) is 2.19. The highest BCUT2D eigenvalue weighted by atomic mass is 32.2. The van der Waals surface area contributed by atoms with Crippen molar-refractivity contribution in [3.63, 3.8) is 0 Å². The molecule has 1 saturated heterocycles. The van der Waals surface area contributed by atoms with Gasteiger partial charge in [0.1, 0.15) is 0 Å². The highest BCUT2D eigenvalue weighted by Gasteiger charge is 2.32. The first-order chi connectivity index (χ1) is 9.88. The summed E-state index contributed by atoms with van der Waals surface area (Å²) in [7, 11) is -3.06. The van der Waals surface area contributed by atoms with Gasteiger partial charge in [-0.3, -0.25) is 4.99 Å². The molecule has 1 heterocycles. The van der Waals surface area contributed by atoms with Crippen molar-refractivity contribution in [3.8, 4) is 0 Å². The molecule has 0 atom stereocenters. The minimum atomic E-state index is -3.06. The molecule has 0 saturated carbocycles. The summed E-state index contributed by atoms with van der Waals surface area (Å²) < 4.78 is 23.9. The number of rotatable bonds is 5. The molecule has 0 radical (unpaired) electrons. The quantitative estimate of drug-likeness (QED) is 0.624. The fourth-order valence-corrected chi connectivity index (χ4v) is 3.16. The molecule has 1 fully saturated rings. The molecule has 0 bridgehead atoms. The summed E-state index contributed by atoms with van der Waals surface area (Å²) in [6.07, 6.45) is 2.19. The SMILES string of the molecule is CCc1cccc(NC(N)=NCC2CN(S(C)(=O)=O)C2)c1. The largest absolute Gasteiger partial charge is 0.370 e. The number of aliphatic imine (C=N–C) groups is 1. The van der Waals surface area contributed by atoms with E-state index in [1.807, 2.05) is 18.2 Å². The molecule has 0 amide bonds. The number of guanidine groups is 1. The maximum atomic E-state index is 11.3. The molecule has 116 valence electrons. The number of nitrogens with one attached hydrogen (secondary N) is 1. The topological polar surface area (TPSA) is 87.8 Å². The van der Waals surface area contributed by atoms with Gasteiger partial charge in [-0.1, -0.05) is 19.1 Å². The summed E-state index contributed by atoms with van der Waals surface area (Å²) in [5.74, 6) is 0.614. The molecule has 0 aliphatic carbocycles. The van der Waals surface area contributed by atoms with Crippen LogP contribution in [0.1, 0.15) is 12.5 Å². The van der Waals surface area contributed by atoms with Crippen LogP contribution < -0.4 is 11.1 Å². The zero-order valence-electron chi connectivity index (χ0n) is 12.4. The molecule has 0 aromatic heterocycles. The summed E-state index contributed by atoms with van der Waals surface area (Å²) >= 11 is 0. The number of aryl methyl sites for hydroxylation is 1. The third kappa shape index (κ3) is 4.44. The zero-order chi connectivity index (χ0) is 15.5. The first-order valence-electron chi connectivity index (χ1n) is 6.99. The Hall–Kier alpha value is -1.60. The van der Waals surface area contributed by atoms with Crippen LogP contribution in [0.3, 0.4) is 0 Å². The van der Waals surface area contributed by atoms with E-state index in [9.17, 15) is 8.42 Å². The number of hydrogen-bond acceptors (Lipinski definition) is 3. The Morgan fingerprint density at radius 3 is 2.81 bits per heavy atom. The molecular formula is C14H22N4O2S. The average molecular weight is 310 g/mol. The Kier molecular flexibility index (Phi) is 4.84. The number of sulfonamides is 1. The molecule has 6 nitrogen and oxygen atoms in total. The number of anilines is 1. The molecule has 1 aromatic rings. The summed E-state index contributed by atoms with van der Waals surface area (Å²) in [6, 6.07) is 8.02. The Bertz CT molecular complexity index is 622. The van der Waals surface area contributed by atoms with Crippen LogP contribution in [0.5, 0.6) is 0 Å². The standard InChI is InChI=1S/C14H22N4O2S/c1-3-11-5-4-6-13(7-11)17-14(15)16-8-12-9-18(10-12)21(2,19)20/h4-7,12H,3,8-10H2,1-2H3,(H3,15,16,17). The number of nitrogens with two attached hydrogens (primary N) is 1. The van der Waals surface area contributed by atoms with Crippen molar-refractivity contribution in [2.24, 2.45) is 16.6 Å². The van der Waals surface area contributed by atoms with E-state index in [1.165, 1.54) is 16.1 Å². The lowest BCUT2D eigenvalue weighted by atomic mass is 10.0. The Balaban J connectivity index is 1.83. The number of nitrogens with zero attached hydrogens (tertiary/aromatic N) is 2. The lowest BCUT2D eigenvalue weighted by molar-refractivity contribution is 0.209. The molecule has 7 heteroatoms. The van der Waals surface area contributed by atoms with E-state index in [0.717, 1.165) is 12.1 Å². The van der Waals surface area contributed by atoms with Crippen molar-refractivity contribution in [2.75, 3.05) is 31.2 Å². The number of benzene rings is 1. The second-order valence-electron chi connectivity index (χ2n) is 5.35. The van der Waals surface area contributed by atoms with Gasteiger partial charge in [-0.15, -0.1) is 0 Å². The van der Waals surface area contributed by atoms with Gasteiger partial charge in [-0.25, -0.2) is 12.7 Å². The van der Waals surface area contributed by atoms with Crippen LogP contribution >= 0.6 is 0 Å². The second-order valence-corrected chi connectivity index (χ2v) is 7.33. The Labute approximate surface area is 126 Å². The predicted molar refractivity (Wildman–Crippen MR) is 85.8 cm³/mol. The predicted octanol–water partition coefficient (Wildman–Crippen LogP) is 0.867. The van der Waals surface area contributed by atoms with Crippen molar-refractivity contribution in [2.45, 2.75) is 13.3 Å². The highest BCUT2D eigenvalue weighted by Crippen LogP contribution is 2.18.